The van der Waals surface area contributed by atoms with E-state index in [4.69, 9.17) is 5.73 Å². The van der Waals surface area contributed by atoms with E-state index in [2.05, 4.69) is 10.6 Å². The number of nitrogens with one attached hydrogen (secondary N) is 2. The molecule has 7 nitrogen and oxygen atoms in total. The van der Waals surface area contributed by atoms with Crippen molar-refractivity contribution < 1.29 is 19.5 Å². The van der Waals surface area contributed by atoms with Crippen LogP contribution in [0.1, 0.15) is 39.5 Å². The van der Waals surface area contributed by atoms with E-state index >= 15 is 0 Å². The molecular formula is C12H23N3O4. The van der Waals surface area contributed by atoms with Gasteiger partial charge in [-0.3, -0.25) is 14.4 Å². The Hall–Kier alpha value is -1.63. The predicted octanol–water partition coefficient (Wildman–Crippen LogP) is -0.965. The van der Waals surface area contributed by atoms with E-state index in [1.807, 2.05) is 13.8 Å². The third-order valence-electron chi connectivity index (χ3n) is 2.51. The number of aliphatic hydroxyl groups is 1. The van der Waals surface area contributed by atoms with Gasteiger partial charge in [-0.2, -0.15) is 0 Å². The van der Waals surface area contributed by atoms with Gasteiger partial charge in [0.25, 0.3) is 0 Å². The lowest BCUT2D eigenvalue weighted by Crippen LogP contribution is -2.50. The van der Waals surface area contributed by atoms with Crippen LogP contribution in [0.4, 0.5) is 0 Å². The molecule has 19 heavy (non-hydrogen) atoms. The Balaban J connectivity index is 4.53. The van der Waals surface area contributed by atoms with Crippen LogP contribution in [-0.2, 0) is 14.4 Å². The average molecular weight is 273 g/mol. The summed E-state index contributed by atoms with van der Waals surface area (Å²) in [6.07, 6.45) is 0.444. The van der Waals surface area contributed by atoms with Crippen LogP contribution in [-0.4, -0.2) is 41.5 Å². The lowest BCUT2D eigenvalue weighted by atomic mass is 9.93. The molecule has 0 unspecified atom stereocenters. The highest BCUT2D eigenvalue weighted by Gasteiger charge is 2.38. The van der Waals surface area contributed by atoms with Gasteiger partial charge in [0, 0.05) is 13.1 Å². The molecule has 0 atom stereocenters. The minimum Gasteiger partial charge on any atom is -0.379 e. The molecular weight excluding hydrogens is 250 g/mol. The van der Waals surface area contributed by atoms with Gasteiger partial charge in [-0.15, -0.1) is 0 Å². The highest BCUT2D eigenvalue weighted by atomic mass is 16.3. The highest BCUT2D eigenvalue weighted by molar-refractivity contribution is 5.94. The maximum Gasteiger partial charge on any atom is 0.250 e. The van der Waals surface area contributed by atoms with Gasteiger partial charge in [-0.05, 0) is 12.8 Å². The third kappa shape index (κ3) is 6.76. The van der Waals surface area contributed by atoms with E-state index in [1.54, 1.807) is 0 Å². The van der Waals surface area contributed by atoms with Crippen LogP contribution < -0.4 is 16.4 Å². The van der Waals surface area contributed by atoms with Crippen molar-refractivity contribution in [3.8, 4) is 0 Å². The molecule has 0 fully saturated rings. The summed E-state index contributed by atoms with van der Waals surface area (Å²) in [5.74, 6) is -2.09. The zero-order chi connectivity index (χ0) is 14.9. The fraction of sp³-hybridized carbons (Fsp3) is 0.750. The van der Waals surface area contributed by atoms with Crippen molar-refractivity contribution in [1.82, 2.24) is 10.6 Å². The van der Waals surface area contributed by atoms with Gasteiger partial charge in [0.05, 0.1) is 12.8 Å². The van der Waals surface area contributed by atoms with Crippen LogP contribution in [0.5, 0.6) is 0 Å². The topological polar surface area (TPSA) is 122 Å². The molecule has 0 bridgehead atoms. The summed E-state index contributed by atoms with van der Waals surface area (Å²) in [4.78, 5) is 34.3. The molecule has 7 heteroatoms. The van der Waals surface area contributed by atoms with Crippen molar-refractivity contribution in [2.75, 3.05) is 13.1 Å². The third-order valence-corrected chi connectivity index (χ3v) is 2.51. The number of hydrogen-bond donors (Lipinski definition) is 4. The predicted molar refractivity (Wildman–Crippen MR) is 70.0 cm³/mol. The van der Waals surface area contributed by atoms with E-state index < -0.39 is 36.2 Å². The quantitative estimate of drug-likeness (QED) is 0.432. The summed E-state index contributed by atoms with van der Waals surface area (Å²) in [5, 5.41) is 15.1. The Kier molecular flexibility index (Phi) is 7.74. The smallest absolute Gasteiger partial charge is 0.250 e. The van der Waals surface area contributed by atoms with Gasteiger partial charge in [-0.25, -0.2) is 0 Å². The molecule has 5 N–H and O–H groups in total. The summed E-state index contributed by atoms with van der Waals surface area (Å²) in [7, 11) is 0. The van der Waals surface area contributed by atoms with E-state index in [-0.39, 0.29) is 0 Å². The molecule has 110 valence electrons. The van der Waals surface area contributed by atoms with Crippen molar-refractivity contribution in [3.63, 3.8) is 0 Å². The van der Waals surface area contributed by atoms with Gasteiger partial charge >= 0.3 is 0 Å². The highest BCUT2D eigenvalue weighted by Crippen LogP contribution is 2.15. The maximum atomic E-state index is 11.5. The minimum atomic E-state index is -2.14. The van der Waals surface area contributed by atoms with Crippen molar-refractivity contribution in [2.45, 2.75) is 45.1 Å². The molecule has 0 aromatic carbocycles. The zero-order valence-corrected chi connectivity index (χ0v) is 11.5. The first-order valence-corrected chi connectivity index (χ1v) is 6.41. The molecule has 0 aromatic heterocycles. The second-order valence-corrected chi connectivity index (χ2v) is 4.45. The van der Waals surface area contributed by atoms with Gasteiger partial charge in [0.1, 0.15) is 0 Å². The Morgan fingerprint density at radius 1 is 1.00 bits per heavy atom. The second-order valence-electron chi connectivity index (χ2n) is 4.45. The van der Waals surface area contributed by atoms with Gasteiger partial charge < -0.3 is 21.5 Å². The van der Waals surface area contributed by atoms with Crippen molar-refractivity contribution in [3.05, 3.63) is 0 Å². The molecule has 0 aliphatic rings. The SMILES string of the molecule is CCCNC(=O)CC(O)(CC(=O)NCCC)C(N)=O. The molecule has 0 saturated heterocycles. The molecule has 0 aliphatic heterocycles. The molecule has 0 saturated carbocycles. The Bertz CT molecular complexity index is 309. The minimum absolute atomic E-state index is 0.440. The molecule has 0 aliphatic carbocycles. The summed E-state index contributed by atoms with van der Waals surface area (Å²) in [5.41, 5.74) is 2.93. The number of rotatable bonds is 9. The van der Waals surface area contributed by atoms with Crippen LogP contribution in [0.3, 0.4) is 0 Å². The largest absolute Gasteiger partial charge is 0.379 e. The fourth-order valence-electron chi connectivity index (χ4n) is 1.42. The van der Waals surface area contributed by atoms with E-state index in [0.29, 0.717) is 13.1 Å². The molecule has 0 radical (unpaired) electrons. The Morgan fingerprint density at radius 3 is 1.63 bits per heavy atom. The van der Waals surface area contributed by atoms with Crippen LogP contribution in [0, 0.1) is 0 Å². The van der Waals surface area contributed by atoms with E-state index in [9.17, 15) is 19.5 Å². The molecule has 0 aromatic rings. The van der Waals surface area contributed by atoms with Crippen LogP contribution in [0.15, 0.2) is 0 Å². The standard InChI is InChI=1S/C12H23N3O4/c1-3-5-14-9(16)7-12(19,11(13)18)8-10(17)15-6-4-2/h19H,3-8H2,1-2H3,(H2,13,18)(H,14,16)(H,15,17). The summed E-state index contributed by atoms with van der Waals surface area (Å²) in [6.45, 7) is 4.63. The van der Waals surface area contributed by atoms with Crippen LogP contribution >= 0.6 is 0 Å². The normalized spacial score (nSPS) is 10.9. The van der Waals surface area contributed by atoms with Crippen LogP contribution in [0.25, 0.3) is 0 Å². The molecule has 0 spiro atoms. The van der Waals surface area contributed by atoms with Crippen molar-refractivity contribution in [2.24, 2.45) is 5.73 Å². The number of carbonyl (C=O) groups excluding carboxylic acids is 3. The van der Waals surface area contributed by atoms with Crippen LogP contribution in [0.2, 0.25) is 0 Å². The molecule has 0 rings (SSSR count). The molecule has 3 amide bonds. The second kappa shape index (κ2) is 8.47. The first kappa shape index (κ1) is 17.4. The molecule has 0 heterocycles. The number of carbonyl (C=O) groups is 3. The summed E-state index contributed by atoms with van der Waals surface area (Å²) in [6, 6.07) is 0. The van der Waals surface area contributed by atoms with Gasteiger partial charge in [0.2, 0.25) is 17.7 Å². The Labute approximate surface area is 112 Å². The Morgan fingerprint density at radius 2 is 1.37 bits per heavy atom. The lowest BCUT2D eigenvalue weighted by molar-refractivity contribution is -0.147. The van der Waals surface area contributed by atoms with E-state index in [1.165, 1.54) is 0 Å². The summed E-state index contributed by atoms with van der Waals surface area (Å²) >= 11 is 0. The number of hydrogen-bond acceptors (Lipinski definition) is 4. The lowest BCUT2D eigenvalue weighted by Gasteiger charge is -2.23. The van der Waals surface area contributed by atoms with Crippen molar-refractivity contribution >= 4 is 17.7 Å². The monoisotopic (exact) mass is 273 g/mol. The number of amides is 3. The van der Waals surface area contributed by atoms with Crippen molar-refractivity contribution in [1.29, 1.82) is 0 Å². The first-order valence-electron chi connectivity index (χ1n) is 6.41. The van der Waals surface area contributed by atoms with Gasteiger partial charge in [0.15, 0.2) is 5.60 Å². The maximum absolute atomic E-state index is 11.5. The average Bonchev–Trinajstić information content (AvgIpc) is 2.33. The first-order chi connectivity index (χ1) is 8.85. The van der Waals surface area contributed by atoms with E-state index in [0.717, 1.165) is 12.8 Å². The number of nitrogens with two attached hydrogens (primary N) is 1. The summed E-state index contributed by atoms with van der Waals surface area (Å²) < 4.78 is 0. The zero-order valence-electron chi connectivity index (χ0n) is 11.5. The fourth-order valence-corrected chi connectivity index (χ4v) is 1.42. The number of primary amides is 1. The van der Waals surface area contributed by atoms with Gasteiger partial charge in [-0.1, -0.05) is 13.8 Å².